The summed E-state index contributed by atoms with van der Waals surface area (Å²) < 4.78 is 54.6. The van der Waals surface area contributed by atoms with Crippen molar-refractivity contribution in [2.45, 2.75) is 72.4 Å². The van der Waals surface area contributed by atoms with E-state index in [2.05, 4.69) is 10.3 Å². The average molecular weight is 633 g/mol. The molecule has 0 radical (unpaired) electrons. The summed E-state index contributed by atoms with van der Waals surface area (Å²) in [7, 11) is -4.10. The van der Waals surface area contributed by atoms with Crippen LogP contribution in [0.15, 0.2) is 59.6 Å². The molecule has 1 heterocycles. The number of rotatable bonds is 8. The Labute approximate surface area is 252 Å². The van der Waals surface area contributed by atoms with E-state index in [1.807, 2.05) is 6.07 Å². The van der Waals surface area contributed by atoms with E-state index in [4.69, 9.17) is 11.6 Å². The van der Waals surface area contributed by atoms with Gasteiger partial charge in [-0.3, -0.25) is 9.78 Å². The number of pyridine rings is 1. The van der Waals surface area contributed by atoms with Gasteiger partial charge in [0.05, 0.1) is 26.5 Å². The quantitative estimate of drug-likeness (QED) is 0.276. The summed E-state index contributed by atoms with van der Waals surface area (Å²) in [4.78, 5) is 16.9. The molecular weight excluding hydrogens is 602 g/mol. The molecule has 12 heteroatoms. The van der Waals surface area contributed by atoms with Crippen molar-refractivity contribution in [2.75, 3.05) is 5.32 Å². The van der Waals surface area contributed by atoms with Crippen molar-refractivity contribution >= 4 is 33.0 Å². The van der Waals surface area contributed by atoms with Crippen molar-refractivity contribution in [3.63, 3.8) is 0 Å². The molecule has 0 aliphatic heterocycles. The normalized spacial score (nSPS) is 26.6. The number of amides is 1. The van der Waals surface area contributed by atoms with Gasteiger partial charge >= 0.3 is 0 Å². The highest BCUT2D eigenvalue weighted by atomic mass is 35.5. The Balaban J connectivity index is 1.20. The van der Waals surface area contributed by atoms with Crippen LogP contribution in [-0.4, -0.2) is 51.6 Å². The molecular formula is C31H31ClF2N2O6S. The number of aliphatic hydroxyl groups is 3. The Morgan fingerprint density at radius 3 is 2.28 bits per heavy atom. The molecule has 3 saturated carbocycles. The highest BCUT2D eigenvalue weighted by Gasteiger charge is 2.60. The Bertz CT molecular complexity index is 1650. The van der Waals surface area contributed by atoms with Crippen LogP contribution >= 0.6 is 11.6 Å². The van der Waals surface area contributed by atoms with Gasteiger partial charge in [-0.05, 0) is 98.2 Å². The summed E-state index contributed by atoms with van der Waals surface area (Å²) in [6.45, 7) is 0. The number of aromatic nitrogens is 1. The zero-order valence-corrected chi connectivity index (χ0v) is 24.5. The molecule has 3 fully saturated rings. The summed E-state index contributed by atoms with van der Waals surface area (Å²) >= 11 is 6.31. The molecule has 0 saturated heterocycles. The van der Waals surface area contributed by atoms with Gasteiger partial charge in [-0.1, -0.05) is 17.7 Å². The van der Waals surface area contributed by atoms with Crippen LogP contribution in [0.4, 0.5) is 14.5 Å². The van der Waals surface area contributed by atoms with Gasteiger partial charge in [-0.15, -0.1) is 0 Å². The van der Waals surface area contributed by atoms with Gasteiger partial charge in [0.1, 0.15) is 12.2 Å². The first kappa shape index (κ1) is 30.1. The van der Waals surface area contributed by atoms with Crippen LogP contribution in [0.3, 0.4) is 0 Å². The second-order valence-corrected chi connectivity index (χ2v) is 14.5. The predicted molar refractivity (Wildman–Crippen MR) is 154 cm³/mol. The fourth-order valence-electron chi connectivity index (χ4n) is 6.76. The lowest BCUT2D eigenvalue weighted by atomic mass is 9.69. The largest absolute Gasteiger partial charge is 0.387 e. The van der Waals surface area contributed by atoms with E-state index >= 15 is 0 Å². The SMILES string of the molecule is O=C(Nc1ccc(F)c(F)c1)c1ccc(Cl)c(S(=O)(=O)C2CC3CC[C@@H](C2)C3(O)C(O)C(O)c2ccc(C3CC3)cn2)c1. The second kappa shape index (κ2) is 11.2. The number of anilines is 1. The Hall–Kier alpha value is -2.96. The minimum atomic E-state index is -4.10. The third-order valence-corrected chi connectivity index (χ3v) is 12.0. The number of nitrogens with one attached hydrogen (secondary N) is 1. The lowest BCUT2D eigenvalue weighted by Gasteiger charge is -2.46. The van der Waals surface area contributed by atoms with Crippen molar-refractivity contribution < 1.29 is 37.3 Å². The molecule has 1 aromatic heterocycles. The fourth-order valence-corrected chi connectivity index (χ4v) is 9.16. The molecule has 6 atom stereocenters. The van der Waals surface area contributed by atoms with Crippen LogP contribution in [0.5, 0.6) is 0 Å². The van der Waals surface area contributed by atoms with Gasteiger partial charge in [0.2, 0.25) is 0 Å². The highest BCUT2D eigenvalue weighted by Crippen LogP contribution is 2.55. The van der Waals surface area contributed by atoms with Gasteiger partial charge in [-0.2, -0.15) is 0 Å². The average Bonchev–Trinajstić information content (AvgIpc) is 3.82. The van der Waals surface area contributed by atoms with E-state index in [9.17, 15) is 37.3 Å². The number of carbonyl (C=O) groups is 1. The minimum absolute atomic E-state index is 0.0128. The third kappa shape index (κ3) is 5.46. The van der Waals surface area contributed by atoms with Gasteiger partial charge in [-0.25, -0.2) is 17.2 Å². The summed E-state index contributed by atoms with van der Waals surface area (Å²) in [6.07, 6.45) is 1.84. The first-order valence-corrected chi connectivity index (χ1v) is 16.2. The zero-order chi connectivity index (χ0) is 30.7. The maximum absolute atomic E-state index is 13.9. The molecule has 3 aromatic rings. The maximum atomic E-state index is 13.9. The van der Waals surface area contributed by atoms with E-state index < -0.39 is 62.3 Å². The van der Waals surface area contributed by atoms with Crippen molar-refractivity contribution in [1.82, 2.24) is 4.98 Å². The number of aliphatic hydroxyl groups excluding tert-OH is 2. The van der Waals surface area contributed by atoms with Crippen LogP contribution in [0.2, 0.25) is 5.02 Å². The smallest absolute Gasteiger partial charge is 0.255 e. The molecule has 1 amide bonds. The highest BCUT2D eigenvalue weighted by molar-refractivity contribution is 7.92. The van der Waals surface area contributed by atoms with E-state index in [1.54, 1.807) is 12.3 Å². The molecule has 3 aliphatic rings. The van der Waals surface area contributed by atoms with Gasteiger partial charge < -0.3 is 20.6 Å². The monoisotopic (exact) mass is 632 g/mol. The van der Waals surface area contributed by atoms with Crippen LogP contribution in [0.1, 0.15) is 72.2 Å². The number of benzene rings is 2. The summed E-state index contributed by atoms with van der Waals surface area (Å²) in [5.41, 5.74) is -0.467. The molecule has 43 heavy (non-hydrogen) atoms. The molecule has 0 spiro atoms. The van der Waals surface area contributed by atoms with E-state index in [0.29, 0.717) is 18.8 Å². The fraction of sp³-hybridized carbons (Fsp3) is 0.419. The van der Waals surface area contributed by atoms with Crippen LogP contribution in [-0.2, 0) is 9.84 Å². The topological polar surface area (TPSA) is 137 Å². The van der Waals surface area contributed by atoms with Crippen molar-refractivity contribution in [3.05, 3.63) is 88.2 Å². The number of carbonyl (C=O) groups excluding carboxylic acids is 1. The summed E-state index contributed by atoms with van der Waals surface area (Å²) in [6, 6.07) is 10.1. The van der Waals surface area contributed by atoms with E-state index in [0.717, 1.165) is 36.6 Å². The van der Waals surface area contributed by atoms with Crippen molar-refractivity contribution in [3.8, 4) is 0 Å². The van der Waals surface area contributed by atoms with Gasteiger partial charge in [0, 0.05) is 23.5 Å². The Morgan fingerprint density at radius 2 is 1.67 bits per heavy atom. The standard InChI is InChI=1S/C31H31ClF2N2O6S/c32-23-8-3-17(30(39)36-21-7-9-24(33)25(34)14-21)11-27(23)43(41,42)22-12-19-5-6-20(13-22)31(19,40)29(38)28(37)26-10-4-18(15-35-26)16-1-2-16/h3-4,7-11,14-16,19-20,22,28-29,37-38,40H,1-2,5-6,12-13H2,(H,36,39)/t19-,20?,22?,28?,29?,31?/m0/s1. The number of halogens is 3. The van der Waals surface area contributed by atoms with Crippen LogP contribution in [0.25, 0.3) is 0 Å². The van der Waals surface area contributed by atoms with Crippen LogP contribution < -0.4 is 5.32 Å². The van der Waals surface area contributed by atoms with Gasteiger partial charge in [0.25, 0.3) is 5.91 Å². The molecule has 8 nitrogen and oxygen atoms in total. The van der Waals surface area contributed by atoms with Crippen molar-refractivity contribution in [2.24, 2.45) is 11.8 Å². The summed E-state index contributed by atoms with van der Waals surface area (Å²) in [5.74, 6) is -3.71. The Kier molecular flexibility index (Phi) is 7.83. The number of nitrogens with zero attached hydrogens (tertiary/aromatic N) is 1. The maximum Gasteiger partial charge on any atom is 0.255 e. The molecule has 3 aliphatic carbocycles. The number of fused-ring (bicyclic) bond motifs is 2. The zero-order valence-electron chi connectivity index (χ0n) is 23.0. The molecule has 2 bridgehead atoms. The minimum Gasteiger partial charge on any atom is -0.387 e. The summed E-state index contributed by atoms with van der Waals surface area (Å²) in [5, 5.41) is 35.4. The molecule has 6 rings (SSSR count). The molecule has 228 valence electrons. The lowest BCUT2D eigenvalue weighted by Crippen LogP contribution is -2.57. The van der Waals surface area contributed by atoms with Crippen molar-refractivity contribution in [1.29, 1.82) is 0 Å². The Morgan fingerprint density at radius 1 is 0.977 bits per heavy atom. The predicted octanol–water partition coefficient (Wildman–Crippen LogP) is 4.93. The third-order valence-electron chi connectivity index (χ3n) is 9.32. The molecule has 2 aromatic carbocycles. The second-order valence-electron chi connectivity index (χ2n) is 11.9. The number of hydrogen-bond acceptors (Lipinski definition) is 7. The number of hydrogen-bond donors (Lipinski definition) is 4. The van der Waals surface area contributed by atoms with Gasteiger partial charge in [0.15, 0.2) is 21.5 Å². The number of sulfone groups is 1. The molecule has 4 N–H and O–H groups in total. The molecule has 5 unspecified atom stereocenters. The van der Waals surface area contributed by atoms with Crippen LogP contribution in [0, 0.1) is 23.5 Å². The van der Waals surface area contributed by atoms with E-state index in [1.165, 1.54) is 18.2 Å². The lowest BCUT2D eigenvalue weighted by molar-refractivity contribution is -0.178. The van der Waals surface area contributed by atoms with E-state index in [-0.39, 0.29) is 39.7 Å². The first-order chi connectivity index (χ1) is 20.4. The first-order valence-electron chi connectivity index (χ1n) is 14.2.